The molecule has 133 heavy (non-hydrogen) atoms. The molecule has 0 unspecified atom stereocenters. The third-order valence-electron chi connectivity index (χ3n) is 34.1. The lowest BCUT2D eigenvalue weighted by molar-refractivity contribution is 0.399. The van der Waals surface area contributed by atoms with Crippen LogP contribution in [-0.4, -0.2) is 0 Å². The van der Waals surface area contributed by atoms with Crippen molar-refractivity contribution in [3.63, 3.8) is 0 Å². The van der Waals surface area contributed by atoms with Crippen LogP contribution in [0.25, 0.3) is 177 Å². The lowest BCUT2D eigenvalue weighted by atomic mass is 9.70. The summed E-state index contributed by atoms with van der Waals surface area (Å²) in [5, 5.41) is 7.04. The molecule has 16 aromatic carbocycles. The lowest BCUT2D eigenvalue weighted by Gasteiger charge is -2.33. The van der Waals surface area contributed by atoms with Crippen molar-refractivity contribution >= 4 is 82.9 Å². The molecular formula is C129H113NO3. The maximum atomic E-state index is 7.28. The smallest absolute Gasteiger partial charge is 0.144 e. The van der Waals surface area contributed by atoms with Gasteiger partial charge in [0.05, 0.1) is 0 Å². The van der Waals surface area contributed by atoms with Crippen molar-refractivity contribution in [1.82, 2.24) is 0 Å². The molecular weight excluding hydrogens is 1610 g/mol. The van der Waals surface area contributed by atoms with Gasteiger partial charge in [0, 0.05) is 98.4 Å². The van der Waals surface area contributed by atoms with E-state index in [2.05, 4.69) is 387 Å². The van der Waals surface area contributed by atoms with Crippen molar-refractivity contribution < 1.29 is 13.3 Å². The van der Waals surface area contributed by atoms with E-state index in [9.17, 15) is 0 Å². The minimum Gasteiger partial charge on any atom is -0.456 e. The van der Waals surface area contributed by atoms with Crippen LogP contribution < -0.4 is 4.90 Å². The summed E-state index contributed by atoms with van der Waals surface area (Å²) in [5.41, 5.74) is 52.0. The Hall–Kier alpha value is -13.3. The maximum Gasteiger partial charge on any atom is 0.144 e. The Balaban J connectivity index is 0.573. The molecule has 3 aromatic heterocycles. The number of anilines is 3. The zero-order chi connectivity index (χ0) is 90.2. The molecule has 7 aliphatic carbocycles. The average molecular weight is 1730 g/mol. The van der Waals surface area contributed by atoms with Crippen molar-refractivity contribution in [1.29, 1.82) is 0 Å². The van der Waals surface area contributed by atoms with E-state index in [1.165, 1.54) is 265 Å². The summed E-state index contributed by atoms with van der Waals surface area (Å²) >= 11 is 0. The molecule has 0 atom stereocenters. The predicted molar refractivity (Wildman–Crippen MR) is 558 cm³/mol. The second kappa shape index (κ2) is 28.4. The molecule has 4 nitrogen and oxygen atoms in total. The highest BCUT2D eigenvalue weighted by Crippen LogP contribution is 2.67. The Kier molecular flexibility index (Phi) is 17.2. The van der Waals surface area contributed by atoms with Gasteiger partial charge in [0.1, 0.15) is 33.5 Å². The summed E-state index contributed by atoms with van der Waals surface area (Å²) in [6.45, 7) is 34.1. The van der Waals surface area contributed by atoms with Crippen LogP contribution in [0.3, 0.4) is 0 Å². The van der Waals surface area contributed by atoms with E-state index in [4.69, 9.17) is 13.3 Å². The number of furan rings is 3. The van der Waals surface area contributed by atoms with Crippen molar-refractivity contribution in [3.8, 4) is 111 Å². The first kappa shape index (κ1) is 80.6. The molecule has 652 valence electrons. The standard InChI is InChI=1S/C129H113NO3/c1-15-17-19-21-33-63-129(64-34-22-20-18-16-2)97-41-29-23-35-82(97)85-57-51-78(67-106(85)129)77-50-56-84-83-55-49-76(65-99(83)124(5,6)100(84)66-77)74-45-47-75(48-46-74)93-71-107-112(116-91-38-26-31-43-109(91)132-121(93)116)88-59-53-80(69-102(88)126(107,9)10)130(79-52-58-86-94-72-105-95(73-104(94)125(7,8)101(86)68-79)113-98(123(105,3)4)61-62-111-114(113)90-37-25-30-42-108(90)131-111)81-54-60-89-103(70-81)128(13,14)119-115(89)117-92-39-27-32-44-110(92)133-122(117)118-87-36-24-28-40-96(87)127(11,12)120(118)119/h23-32,35-62,65-73H,15-22,33-34,63-64H2,1-14H3. The van der Waals surface area contributed by atoms with Crippen LogP contribution >= 0.6 is 0 Å². The van der Waals surface area contributed by atoms with Crippen molar-refractivity contribution in [2.24, 2.45) is 0 Å². The second-order valence-corrected chi connectivity index (χ2v) is 43.5. The van der Waals surface area contributed by atoms with E-state index in [0.29, 0.717) is 0 Å². The van der Waals surface area contributed by atoms with E-state index >= 15 is 0 Å². The molecule has 0 saturated carbocycles. The minimum absolute atomic E-state index is 0.0317. The molecule has 4 heteroatoms. The van der Waals surface area contributed by atoms with Gasteiger partial charge < -0.3 is 18.2 Å². The minimum atomic E-state index is -0.447. The lowest BCUT2D eigenvalue weighted by Crippen LogP contribution is -2.25. The number of para-hydroxylation sites is 3. The van der Waals surface area contributed by atoms with Gasteiger partial charge in [0.2, 0.25) is 0 Å². The molecule has 0 saturated heterocycles. The Labute approximate surface area is 781 Å². The molecule has 0 aliphatic heterocycles. The molecule has 7 aliphatic rings. The largest absolute Gasteiger partial charge is 0.456 e. The highest BCUT2D eigenvalue weighted by molar-refractivity contribution is 6.23. The third-order valence-corrected chi connectivity index (χ3v) is 34.1. The van der Waals surface area contributed by atoms with Crippen LogP contribution in [0.15, 0.2) is 298 Å². The first-order chi connectivity index (χ1) is 64.4. The molecule has 3 heterocycles. The SMILES string of the molecule is CCCCCCCC1(CCCCCCC)c2ccccc2-c2ccc(-c3ccc4c(c3)C(C)(C)c3cc(-c5ccc(-c6cc7c(c8c6oc6ccccc68)-c6ccc(N(c8ccc9c(c8)C(C)(C)c8cc%10c(cc8-9)C(C)(C)c8ccc9oc%11ccccc%11c9c8-%10)c8ccc9c(c8)C(C)(C)c8c%10c(c%11oc%12ccccc%12c%11c8-9)-c8ccccc8C%10(C)C)cc6C7(C)C)cc5)ccc3-4)cc21. The van der Waals surface area contributed by atoms with Crippen LogP contribution in [-0.2, 0) is 37.9 Å². The van der Waals surface area contributed by atoms with Crippen molar-refractivity contribution in [3.05, 3.63) is 363 Å². The number of nitrogens with zero attached hydrogens (tertiary/aromatic N) is 1. The molecule has 0 bridgehead atoms. The maximum absolute atomic E-state index is 7.28. The summed E-state index contributed by atoms with van der Waals surface area (Å²) < 4.78 is 21.1. The summed E-state index contributed by atoms with van der Waals surface area (Å²) in [6, 6.07) is 111. The van der Waals surface area contributed by atoms with Crippen LogP contribution in [0.1, 0.15) is 252 Å². The molecule has 0 N–H and O–H groups in total. The molecule has 0 amide bonds. The van der Waals surface area contributed by atoms with Crippen molar-refractivity contribution in [2.75, 3.05) is 4.90 Å². The number of hydrogen-bond acceptors (Lipinski definition) is 4. The van der Waals surface area contributed by atoms with Gasteiger partial charge in [-0.05, 0) is 288 Å². The fourth-order valence-corrected chi connectivity index (χ4v) is 27.2. The van der Waals surface area contributed by atoms with E-state index in [1.807, 2.05) is 0 Å². The summed E-state index contributed by atoms with van der Waals surface area (Å²) in [6.07, 6.45) is 15.4. The van der Waals surface area contributed by atoms with Gasteiger partial charge in [-0.15, -0.1) is 0 Å². The fraction of sp³-hybridized carbons (Fsp3) is 0.256. The van der Waals surface area contributed by atoms with E-state index in [0.717, 1.165) is 72.5 Å². The van der Waals surface area contributed by atoms with Crippen molar-refractivity contribution in [2.45, 2.75) is 212 Å². The number of hydrogen-bond donors (Lipinski definition) is 0. The third kappa shape index (κ3) is 11.0. The Bertz CT molecular complexity index is 8270. The fourth-order valence-electron chi connectivity index (χ4n) is 27.2. The predicted octanol–water partition coefficient (Wildman–Crippen LogP) is 36.7. The molecule has 0 fully saturated rings. The Morgan fingerprint density at radius 3 is 1.21 bits per heavy atom. The first-order valence-electron chi connectivity index (χ1n) is 49.5. The van der Waals surface area contributed by atoms with Crippen LogP contribution in [0.2, 0.25) is 0 Å². The van der Waals surface area contributed by atoms with Gasteiger partial charge in [0.25, 0.3) is 0 Å². The van der Waals surface area contributed by atoms with Gasteiger partial charge >= 0.3 is 0 Å². The topological polar surface area (TPSA) is 42.7 Å². The van der Waals surface area contributed by atoms with Gasteiger partial charge in [-0.2, -0.15) is 0 Å². The highest BCUT2D eigenvalue weighted by atomic mass is 16.3. The summed E-state index contributed by atoms with van der Waals surface area (Å²) in [7, 11) is 0. The van der Waals surface area contributed by atoms with E-state index in [-0.39, 0.29) is 27.1 Å². The van der Waals surface area contributed by atoms with Gasteiger partial charge in [-0.1, -0.05) is 349 Å². The average Bonchev–Trinajstić information content (AvgIpc) is 1.50. The van der Waals surface area contributed by atoms with Crippen LogP contribution in [0.5, 0.6) is 0 Å². The summed E-state index contributed by atoms with van der Waals surface area (Å²) in [5.74, 6) is 0. The molecule has 0 spiro atoms. The number of benzene rings is 16. The van der Waals surface area contributed by atoms with Crippen LogP contribution in [0, 0.1) is 0 Å². The zero-order valence-corrected chi connectivity index (χ0v) is 79.3. The molecule has 19 aromatic rings. The monoisotopic (exact) mass is 1720 g/mol. The quantitative estimate of drug-likeness (QED) is 0.0803. The van der Waals surface area contributed by atoms with Crippen LogP contribution in [0.4, 0.5) is 17.1 Å². The number of unbranched alkanes of at least 4 members (excludes halogenated alkanes) is 8. The Morgan fingerprint density at radius 2 is 0.594 bits per heavy atom. The molecule has 0 radical (unpaired) electrons. The number of fused-ring (bicyclic) bond motifs is 35. The first-order valence-corrected chi connectivity index (χ1v) is 49.5. The normalized spacial score (nSPS) is 16.2. The molecule has 26 rings (SSSR count). The number of rotatable bonds is 18. The van der Waals surface area contributed by atoms with E-state index < -0.39 is 10.8 Å². The Morgan fingerprint density at radius 1 is 0.218 bits per heavy atom. The van der Waals surface area contributed by atoms with Gasteiger partial charge in [0.15, 0.2) is 0 Å². The van der Waals surface area contributed by atoms with Gasteiger partial charge in [-0.25, -0.2) is 0 Å². The zero-order valence-electron chi connectivity index (χ0n) is 79.3. The summed E-state index contributed by atoms with van der Waals surface area (Å²) in [4.78, 5) is 2.60. The van der Waals surface area contributed by atoms with Gasteiger partial charge in [-0.3, -0.25) is 0 Å². The van der Waals surface area contributed by atoms with E-state index in [1.54, 1.807) is 11.1 Å². The highest BCUT2D eigenvalue weighted by Gasteiger charge is 2.51. The second-order valence-electron chi connectivity index (χ2n) is 43.5.